The van der Waals surface area contributed by atoms with Crippen molar-refractivity contribution in [1.82, 2.24) is 9.78 Å². The van der Waals surface area contributed by atoms with E-state index in [0.29, 0.717) is 12.2 Å². The third-order valence-electron chi connectivity index (χ3n) is 2.98. The largest absolute Gasteiger partial charge is 0.494 e. The predicted octanol–water partition coefficient (Wildman–Crippen LogP) is 1.69. The lowest BCUT2D eigenvalue weighted by molar-refractivity contribution is 0.317. The molecule has 0 bridgehead atoms. The minimum Gasteiger partial charge on any atom is -0.494 e. The van der Waals surface area contributed by atoms with E-state index in [-0.39, 0.29) is 12.1 Å². The van der Waals surface area contributed by atoms with Gasteiger partial charge in [0.15, 0.2) is 0 Å². The monoisotopic (exact) mass is 273 g/mol. The fourth-order valence-electron chi connectivity index (χ4n) is 1.90. The number of hydrogen-bond donors (Lipinski definition) is 1. The van der Waals surface area contributed by atoms with E-state index in [1.807, 2.05) is 24.3 Å². The van der Waals surface area contributed by atoms with Gasteiger partial charge in [-0.2, -0.15) is 5.10 Å². The fraction of sp³-hybridized carbons (Fsp3) is 0.333. The van der Waals surface area contributed by atoms with Crippen LogP contribution < -0.4 is 16.0 Å². The number of aromatic nitrogens is 2. The molecule has 5 nitrogen and oxygen atoms in total. The molecule has 0 aliphatic carbocycles. The average Bonchev–Trinajstić information content (AvgIpc) is 2.48. The normalized spacial score (nSPS) is 10.6. The fourth-order valence-corrected chi connectivity index (χ4v) is 1.90. The molecule has 2 N–H and O–H groups in total. The summed E-state index contributed by atoms with van der Waals surface area (Å²) in [4.78, 5) is 11.8. The van der Waals surface area contributed by atoms with Gasteiger partial charge in [-0.15, -0.1) is 0 Å². The van der Waals surface area contributed by atoms with Gasteiger partial charge in [-0.25, -0.2) is 4.68 Å². The SMILES string of the molecule is CCCOc1ccc(-c2cc(CN)c(=O)n(C)n2)cc1. The summed E-state index contributed by atoms with van der Waals surface area (Å²) in [5.41, 5.74) is 7.65. The molecule has 1 aromatic heterocycles. The molecule has 5 heteroatoms. The lowest BCUT2D eigenvalue weighted by atomic mass is 10.1. The van der Waals surface area contributed by atoms with Crippen molar-refractivity contribution in [1.29, 1.82) is 0 Å². The van der Waals surface area contributed by atoms with Crippen LogP contribution in [0.3, 0.4) is 0 Å². The first-order valence-corrected chi connectivity index (χ1v) is 6.66. The van der Waals surface area contributed by atoms with Crippen molar-refractivity contribution in [2.24, 2.45) is 12.8 Å². The van der Waals surface area contributed by atoms with E-state index in [1.165, 1.54) is 4.68 Å². The number of benzene rings is 1. The van der Waals surface area contributed by atoms with Crippen molar-refractivity contribution in [2.45, 2.75) is 19.9 Å². The van der Waals surface area contributed by atoms with Crippen molar-refractivity contribution in [3.05, 3.63) is 46.2 Å². The number of hydrogen-bond acceptors (Lipinski definition) is 4. The Labute approximate surface area is 118 Å². The Bertz CT molecular complexity index is 633. The molecule has 0 spiro atoms. The van der Waals surface area contributed by atoms with Gasteiger partial charge in [-0.05, 0) is 36.8 Å². The van der Waals surface area contributed by atoms with Gasteiger partial charge in [0.05, 0.1) is 12.3 Å². The molecular weight excluding hydrogens is 254 g/mol. The summed E-state index contributed by atoms with van der Waals surface area (Å²) in [7, 11) is 1.63. The summed E-state index contributed by atoms with van der Waals surface area (Å²) in [6.07, 6.45) is 0.976. The molecule has 2 rings (SSSR count). The van der Waals surface area contributed by atoms with Gasteiger partial charge in [-0.1, -0.05) is 6.92 Å². The first kappa shape index (κ1) is 14.3. The first-order chi connectivity index (χ1) is 9.65. The lowest BCUT2D eigenvalue weighted by Gasteiger charge is -2.08. The molecule has 106 valence electrons. The molecule has 1 heterocycles. The summed E-state index contributed by atoms with van der Waals surface area (Å²) < 4.78 is 6.86. The van der Waals surface area contributed by atoms with Crippen LogP contribution in [0.25, 0.3) is 11.3 Å². The zero-order chi connectivity index (χ0) is 14.5. The topological polar surface area (TPSA) is 70.1 Å². The summed E-state index contributed by atoms with van der Waals surface area (Å²) >= 11 is 0. The second-order valence-corrected chi connectivity index (χ2v) is 4.56. The maximum absolute atomic E-state index is 11.8. The zero-order valence-electron chi connectivity index (χ0n) is 11.8. The zero-order valence-corrected chi connectivity index (χ0v) is 11.8. The van der Waals surface area contributed by atoms with Crippen molar-refractivity contribution in [2.75, 3.05) is 6.61 Å². The van der Waals surface area contributed by atoms with Crippen molar-refractivity contribution < 1.29 is 4.74 Å². The van der Waals surface area contributed by atoms with Crippen LogP contribution in [0.15, 0.2) is 35.1 Å². The third kappa shape index (κ3) is 3.05. The predicted molar refractivity (Wildman–Crippen MR) is 78.6 cm³/mol. The summed E-state index contributed by atoms with van der Waals surface area (Å²) in [5, 5.41) is 4.25. The highest BCUT2D eigenvalue weighted by Crippen LogP contribution is 2.20. The van der Waals surface area contributed by atoms with Gasteiger partial charge in [0.1, 0.15) is 5.75 Å². The molecule has 0 radical (unpaired) electrons. The van der Waals surface area contributed by atoms with Crippen LogP contribution in [-0.4, -0.2) is 16.4 Å². The van der Waals surface area contributed by atoms with E-state index < -0.39 is 0 Å². The number of aryl methyl sites for hydroxylation is 1. The Morgan fingerprint density at radius 3 is 2.60 bits per heavy atom. The van der Waals surface area contributed by atoms with E-state index in [2.05, 4.69) is 12.0 Å². The van der Waals surface area contributed by atoms with Crippen LogP contribution in [0.2, 0.25) is 0 Å². The van der Waals surface area contributed by atoms with E-state index in [4.69, 9.17) is 10.5 Å². The van der Waals surface area contributed by atoms with Crippen LogP contribution in [0.1, 0.15) is 18.9 Å². The molecule has 0 saturated heterocycles. The van der Waals surface area contributed by atoms with Crippen LogP contribution >= 0.6 is 0 Å². The Morgan fingerprint density at radius 2 is 2.00 bits per heavy atom. The maximum atomic E-state index is 11.8. The molecule has 0 aliphatic heterocycles. The molecule has 0 atom stereocenters. The smallest absolute Gasteiger partial charge is 0.271 e. The van der Waals surface area contributed by atoms with E-state index in [0.717, 1.165) is 23.4 Å². The summed E-state index contributed by atoms with van der Waals surface area (Å²) in [6.45, 7) is 2.98. The molecule has 0 amide bonds. The maximum Gasteiger partial charge on any atom is 0.271 e. The summed E-state index contributed by atoms with van der Waals surface area (Å²) in [6, 6.07) is 9.40. The van der Waals surface area contributed by atoms with Crippen molar-refractivity contribution in [3.8, 4) is 17.0 Å². The van der Waals surface area contributed by atoms with Gasteiger partial charge in [0, 0.05) is 24.7 Å². The average molecular weight is 273 g/mol. The van der Waals surface area contributed by atoms with Gasteiger partial charge in [0.2, 0.25) is 0 Å². The second kappa shape index (κ2) is 6.34. The number of nitrogens with zero attached hydrogens (tertiary/aromatic N) is 2. The molecule has 0 fully saturated rings. The van der Waals surface area contributed by atoms with Gasteiger partial charge >= 0.3 is 0 Å². The number of rotatable bonds is 5. The molecule has 0 saturated carbocycles. The Balaban J connectivity index is 2.32. The molecule has 20 heavy (non-hydrogen) atoms. The Kier molecular flexibility index (Phi) is 4.53. The lowest BCUT2D eigenvalue weighted by Crippen LogP contribution is -2.25. The minimum absolute atomic E-state index is 0.154. The van der Waals surface area contributed by atoms with Crippen LogP contribution in [0, 0.1) is 0 Å². The molecule has 2 aromatic rings. The highest BCUT2D eigenvalue weighted by molar-refractivity contribution is 5.60. The summed E-state index contributed by atoms with van der Waals surface area (Å²) in [5.74, 6) is 0.833. The molecular formula is C15H19N3O2. The van der Waals surface area contributed by atoms with Gasteiger partial charge in [-0.3, -0.25) is 4.79 Å². The van der Waals surface area contributed by atoms with Gasteiger partial charge < -0.3 is 10.5 Å². The number of nitrogens with two attached hydrogens (primary N) is 1. The third-order valence-corrected chi connectivity index (χ3v) is 2.98. The van der Waals surface area contributed by atoms with E-state index in [9.17, 15) is 4.79 Å². The van der Waals surface area contributed by atoms with Crippen LogP contribution in [0.4, 0.5) is 0 Å². The molecule has 1 aromatic carbocycles. The standard InChI is InChI=1S/C15H19N3O2/c1-3-8-20-13-6-4-11(5-7-13)14-9-12(10-16)15(19)18(2)17-14/h4-7,9H,3,8,10,16H2,1-2H3. The minimum atomic E-state index is -0.154. The second-order valence-electron chi connectivity index (χ2n) is 4.56. The van der Waals surface area contributed by atoms with Crippen LogP contribution in [-0.2, 0) is 13.6 Å². The first-order valence-electron chi connectivity index (χ1n) is 6.66. The van der Waals surface area contributed by atoms with Crippen molar-refractivity contribution >= 4 is 0 Å². The highest BCUT2D eigenvalue weighted by Gasteiger charge is 2.07. The Morgan fingerprint density at radius 1 is 1.30 bits per heavy atom. The molecule has 0 aliphatic rings. The molecule has 0 unspecified atom stereocenters. The highest BCUT2D eigenvalue weighted by atomic mass is 16.5. The van der Waals surface area contributed by atoms with E-state index >= 15 is 0 Å². The quantitative estimate of drug-likeness (QED) is 0.900. The van der Waals surface area contributed by atoms with Crippen molar-refractivity contribution in [3.63, 3.8) is 0 Å². The van der Waals surface area contributed by atoms with E-state index in [1.54, 1.807) is 13.1 Å². The van der Waals surface area contributed by atoms with Crippen LogP contribution in [0.5, 0.6) is 5.75 Å². The number of ether oxygens (including phenoxy) is 1. The Hall–Kier alpha value is -2.14. The van der Waals surface area contributed by atoms with Gasteiger partial charge in [0.25, 0.3) is 5.56 Å².